The summed E-state index contributed by atoms with van der Waals surface area (Å²) >= 11 is 0. The first kappa shape index (κ1) is 23.4. The lowest BCUT2D eigenvalue weighted by Gasteiger charge is -2.29. The van der Waals surface area contributed by atoms with Gasteiger partial charge in [-0.1, -0.05) is 30.3 Å². The molecule has 2 aliphatic rings. The number of imidazole rings is 1. The number of allylic oxidation sites excluding steroid dienone is 1. The molecule has 0 atom stereocenters. The van der Waals surface area contributed by atoms with Crippen molar-refractivity contribution in [3.8, 4) is 0 Å². The first-order valence-corrected chi connectivity index (χ1v) is 13.0. The minimum absolute atomic E-state index is 0.268. The second-order valence-corrected chi connectivity index (χ2v) is 9.93. The molecule has 6 nitrogen and oxygen atoms in total. The van der Waals surface area contributed by atoms with Crippen molar-refractivity contribution in [3.05, 3.63) is 119 Å². The van der Waals surface area contributed by atoms with Crippen LogP contribution in [0, 0.1) is 11.6 Å². The van der Waals surface area contributed by atoms with E-state index >= 15 is 0 Å². The number of aryl methyl sites for hydroxylation is 1. The van der Waals surface area contributed by atoms with Gasteiger partial charge in [-0.2, -0.15) is 0 Å². The maximum absolute atomic E-state index is 14.0. The summed E-state index contributed by atoms with van der Waals surface area (Å²) in [5.74, 6) is 0.737. The Morgan fingerprint density at radius 2 is 1.79 bits per heavy atom. The number of amides is 1. The third kappa shape index (κ3) is 4.09. The van der Waals surface area contributed by atoms with E-state index in [0.717, 1.165) is 42.4 Å². The van der Waals surface area contributed by atoms with Crippen LogP contribution >= 0.6 is 0 Å². The number of hydrogen-bond acceptors (Lipinski definition) is 3. The van der Waals surface area contributed by atoms with Gasteiger partial charge in [0.2, 0.25) is 0 Å². The van der Waals surface area contributed by atoms with Gasteiger partial charge in [0.1, 0.15) is 23.1 Å². The highest BCUT2D eigenvalue weighted by molar-refractivity contribution is 6.02. The van der Waals surface area contributed by atoms with Crippen LogP contribution < -0.4 is 10.2 Å². The Morgan fingerprint density at radius 1 is 0.949 bits per heavy atom. The molecule has 194 valence electrons. The molecule has 0 spiro atoms. The van der Waals surface area contributed by atoms with E-state index in [-0.39, 0.29) is 24.1 Å². The summed E-state index contributed by atoms with van der Waals surface area (Å²) in [6, 6.07) is 22.6. The van der Waals surface area contributed by atoms with Gasteiger partial charge in [-0.25, -0.2) is 13.8 Å². The van der Waals surface area contributed by atoms with E-state index in [2.05, 4.69) is 26.9 Å². The standard InChI is InChI=1S/C31H25F2N5O/c32-22-7-4-6-20(16-22)19-38-27-12-11-23(33)17-21(27)18-28(38)30(39)35-25-13-15-37-29(25)34-26-10-5-14-36(31(26)37)24-8-2-1-3-9-24/h1-4,6-9,11-13,16-18H,5,10,14-15,19H2,(H,35,39). The van der Waals surface area contributed by atoms with E-state index in [4.69, 9.17) is 4.98 Å². The number of aromatic nitrogens is 3. The molecule has 0 unspecified atom stereocenters. The van der Waals surface area contributed by atoms with Crippen molar-refractivity contribution < 1.29 is 13.6 Å². The number of carbonyl (C=O) groups excluding carboxylic acids is 1. The monoisotopic (exact) mass is 521 g/mol. The smallest absolute Gasteiger partial charge is 0.272 e. The average molecular weight is 522 g/mol. The van der Waals surface area contributed by atoms with Crippen molar-refractivity contribution in [2.24, 2.45) is 0 Å². The maximum Gasteiger partial charge on any atom is 0.272 e. The Kier molecular flexibility index (Phi) is 5.54. The normalized spacial score (nSPS) is 14.3. The summed E-state index contributed by atoms with van der Waals surface area (Å²) in [7, 11) is 0. The van der Waals surface area contributed by atoms with E-state index in [1.807, 2.05) is 24.3 Å². The van der Waals surface area contributed by atoms with Crippen molar-refractivity contribution in [2.75, 3.05) is 11.4 Å². The summed E-state index contributed by atoms with van der Waals surface area (Å²) in [5.41, 5.74) is 4.55. The van der Waals surface area contributed by atoms with E-state index in [0.29, 0.717) is 34.4 Å². The minimum Gasteiger partial charge on any atom is -0.332 e. The van der Waals surface area contributed by atoms with Crippen LogP contribution in [0.25, 0.3) is 16.6 Å². The van der Waals surface area contributed by atoms with E-state index in [1.165, 1.54) is 24.3 Å². The van der Waals surface area contributed by atoms with Gasteiger partial charge in [0, 0.05) is 36.2 Å². The Morgan fingerprint density at radius 3 is 2.64 bits per heavy atom. The zero-order chi connectivity index (χ0) is 26.5. The lowest BCUT2D eigenvalue weighted by Crippen LogP contribution is -2.26. The fraction of sp³-hybridized carbons (Fsp3) is 0.161. The van der Waals surface area contributed by atoms with Crippen LogP contribution in [0.4, 0.5) is 20.3 Å². The largest absolute Gasteiger partial charge is 0.332 e. The van der Waals surface area contributed by atoms with Crippen molar-refractivity contribution >= 4 is 34.0 Å². The summed E-state index contributed by atoms with van der Waals surface area (Å²) in [6.45, 7) is 1.78. The lowest BCUT2D eigenvalue weighted by molar-refractivity contribution is 0.0965. The second-order valence-electron chi connectivity index (χ2n) is 9.93. The predicted octanol–water partition coefficient (Wildman–Crippen LogP) is 6.03. The molecular weight excluding hydrogens is 496 g/mol. The molecule has 2 aromatic heterocycles. The number of carbonyl (C=O) groups is 1. The topological polar surface area (TPSA) is 55.1 Å². The molecule has 0 bridgehead atoms. The van der Waals surface area contributed by atoms with Crippen molar-refractivity contribution in [1.82, 2.24) is 19.4 Å². The first-order valence-electron chi connectivity index (χ1n) is 13.0. The number of halogens is 2. The number of anilines is 2. The van der Waals surface area contributed by atoms with Gasteiger partial charge >= 0.3 is 0 Å². The van der Waals surface area contributed by atoms with Gasteiger partial charge in [-0.05, 0) is 73.0 Å². The van der Waals surface area contributed by atoms with Gasteiger partial charge in [-0.3, -0.25) is 4.79 Å². The molecule has 4 heterocycles. The number of nitrogens with zero attached hydrogens (tertiary/aromatic N) is 4. The molecule has 0 aliphatic carbocycles. The minimum atomic E-state index is -0.383. The Hall–Kier alpha value is -4.72. The molecule has 1 amide bonds. The molecule has 2 aliphatic heterocycles. The van der Waals surface area contributed by atoms with Crippen LogP contribution in [-0.4, -0.2) is 26.6 Å². The molecule has 8 heteroatoms. The zero-order valence-corrected chi connectivity index (χ0v) is 21.1. The van der Waals surface area contributed by atoms with Crippen LogP contribution in [0.15, 0.2) is 84.9 Å². The average Bonchev–Trinajstić information content (AvgIpc) is 3.61. The molecule has 0 saturated heterocycles. The van der Waals surface area contributed by atoms with Crippen LogP contribution in [-0.2, 0) is 19.5 Å². The third-order valence-electron chi connectivity index (χ3n) is 7.42. The molecule has 39 heavy (non-hydrogen) atoms. The van der Waals surface area contributed by atoms with E-state index < -0.39 is 0 Å². The fourth-order valence-corrected chi connectivity index (χ4v) is 5.70. The van der Waals surface area contributed by atoms with E-state index in [1.54, 1.807) is 28.8 Å². The molecule has 3 aromatic carbocycles. The second kappa shape index (κ2) is 9.23. The lowest BCUT2D eigenvalue weighted by atomic mass is 10.1. The highest BCUT2D eigenvalue weighted by Crippen LogP contribution is 2.37. The zero-order valence-electron chi connectivity index (χ0n) is 21.1. The van der Waals surface area contributed by atoms with Gasteiger partial charge in [0.15, 0.2) is 5.82 Å². The third-order valence-corrected chi connectivity index (χ3v) is 7.42. The van der Waals surface area contributed by atoms with Gasteiger partial charge in [-0.15, -0.1) is 0 Å². The molecule has 5 aromatic rings. The Balaban J connectivity index is 1.22. The summed E-state index contributed by atoms with van der Waals surface area (Å²) in [6.07, 6.45) is 3.85. The number of hydrogen-bond donors (Lipinski definition) is 1. The van der Waals surface area contributed by atoms with Crippen LogP contribution in [0.3, 0.4) is 0 Å². The van der Waals surface area contributed by atoms with Crippen LogP contribution in [0.1, 0.15) is 34.0 Å². The highest BCUT2D eigenvalue weighted by Gasteiger charge is 2.31. The predicted molar refractivity (Wildman–Crippen MR) is 147 cm³/mol. The molecule has 0 saturated carbocycles. The SMILES string of the molecule is O=C(NC1=CCn2c1nc1c2N(c2ccccc2)CCC1)c1cc2cc(F)ccc2n1Cc1cccc(F)c1. The molecule has 7 rings (SSSR count). The van der Waals surface area contributed by atoms with E-state index in [9.17, 15) is 13.6 Å². The van der Waals surface area contributed by atoms with Crippen molar-refractivity contribution in [3.63, 3.8) is 0 Å². The number of fused-ring (bicyclic) bond motifs is 4. The number of benzene rings is 3. The number of para-hydroxylation sites is 1. The Bertz CT molecular complexity index is 1770. The van der Waals surface area contributed by atoms with Gasteiger partial charge in [0.25, 0.3) is 5.91 Å². The number of nitrogens with one attached hydrogen (secondary N) is 1. The molecular formula is C31H25F2N5O. The van der Waals surface area contributed by atoms with Crippen LogP contribution in [0.5, 0.6) is 0 Å². The Labute approximate surface area is 223 Å². The van der Waals surface area contributed by atoms with Crippen molar-refractivity contribution in [1.29, 1.82) is 0 Å². The molecule has 0 radical (unpaired) electrons. The number of rotatable bonds is 5. The quantitative estimate of drug-likeness (QED) is 0.307. The first-order chi connectivity index (χ1) is 19.0. The maximum atomic E-state index is 14.0. The van der Waals surface area contributed by atoms with Gasteiger partial charge < -0.3 is 19.4 Å². The summed E-state index contributed by atoms with van der Waals surface area (Å²) in [4.78, 5) is 20.9. The summed E-state index contributed by atoms with van der Waals surface area (Å²) < 4.78 is 31.9. The van der Waals surface area contributed by atoms with Gasteiger partial charge in [0.05, 0.1) is 11.4 Å². The molecule has 1 N–H and O–H groups in total. The summed E-state index contributed by atoms with van der Waals surface area (Å²) in [5, 5.41) is 3.66. The fourth-order valence-electron chi connectivity index (χ4n) is 5.70. The molecule has 0 fully saturated rings. The van der Waals surface area contributed by atoms with Crippen LogP contribution in [0.2, 0.25) is 0 Å². The highest BCUT2D eigenvalue weighted by atomic mass is 19.1. The van der Waals surface area contributed by atoms with Crippen molar-refractivity contribution in [2.45, 2.75) is 25.9 Å².